The molecule has 0 heterocycles. The van der Waals surface area contributed by atoms with E-state index in [0.29, 0.717) is 0 Å². The van der Waals surface area contributed by atoms with Crippen molar-refractivity contribution in [3.8, 4) is 0 Å². The highest BCUT2D eigenvalue weighted by atomic mass is 32.2. The van der Waals surface area contributed by atoms with E-state index in [2.05, 4.69) is 5.32 Å². The molecule has 0 fully saturated rings. The van der Waals surface area contributed by atoms with Gasteiger partial charge in [-0.15, -0.1) is 0 Å². The summed E-state index contributed by atoms with van der Waals surface area (Å²) < 4.78 is 22.2. The summed E-state index contributed by atoms with van der Waals surface area (Å²) in [5.74, 6) is 0. The molecule has 0 aliphatic heterocycles. The van der Waals surface area contributed by atoms with Gasteiger partial charge >= 0.3 is 0 Å². The summed E-state index contributed by atoms with van der Waals surface area (Å²) in [5, 5.41) is 18.6. The van der Waals surface area contributed by atoms with E-state index in [-0.39, 0.29) is 22.3 Å². The summed E-state index contributed by atoms with van der Waals surface area (Å²) in [6.45, 7) is 3.63. The monoisotopic (exact) mass is 259 g/mol. The zero-order valence-electron chi connectivity index (χ0n) is 9.38. The van der Waals surface area contributed by atoms with Crippen LogP contribution in [0.15, 0.2) is 23.1 Å². The van der Waals surface area contributed by atoms with E-state index in [1.165, 1.54) is 12.1 Å². The number of nitro groups is 1. The third kappa shape index (κ3) is 3.40. The van der Waals surface area contributed by atoms with Gasteiger partial charge in [0.2, 0.25) is 10.0 Å². The minimum absolute atomic E-state index is 0.00552. The van der Waals surface area contributed by atoms with E-state index >= 15 is 0 Å². The first kappa shape index (κ1) is 13.4. The number of anilines is 1. The van der Waals surface area contributed by atoms with Crippen molar-refractivity contribution < 1.29 is 13.3 Å². The summed E-state index contributed by atoms with van der Waals surface area (Å²) in [7, 11) is -3.94. The minimum Gasteiger partial charge on any atom is -0.377 e. The third-order valence-electron chi connectivity index (χ3n) is 1.94. The fourth-order valence-corrected chi connectivity index (χ4v) is 1.81. The molecule has 0 aliphatic carbocycles. The van der Waals surface area contributed by atoms with Gasteiger partial charge in [-0.2, -0.15) is 0 Å². The predicted octanol–water partition coefficient (Wildman–Crippen LogP) is 1.06. The highest BCUT2D eigenvalue weighted by Crippen LogP contribution is 2.27. The molecule has 94 valence electrons. The average Bonchev–Trinajstić information content (AvgIpc) is 2.15. The number of nitro benzene ring substituents is 1. The molecule has 0 saturated heterocycles. The van der Waals surface area contributed by atoms with Gasteiger partial charge in [0.1, 0.15) is 5.69 Å². The van der Waals surface area contributed by atoms with Crippen molar-refractivity contribution in [2.24, 2.45) is 5.14 Å². The van der Waals surface area contributed by atoms with Crippen LogP contribution in [0.4, 0.5) is 11.4 Å². The molecular formula is C9H13N3O4S. The lowest BCUT2D eigenvalue weighted by atomic mass is 10.2. The lowest BCUT2D eigenvalue weighted by Crippen LogP contribution is -2.14. The third-order valence-corrected chi connectivity index (χ3v) is 2.85. The van der Waals surface area contributed by atoms with Crippen molar-refractivity contribution in [1.29, 1.82) is 0 Å². The Morgan fingerprint density at radius 3 is 2.41 bits per heavy atom. The molecule has 0 aliphatic rings. The molecule has 0 spiro atoms. The fourth-order valence-electron chi connectivity index (χ4n) is 1.27. The summed E-state index contributed by atoms with van der Waals surface area (Å²) in [5.41, 5.74) is -0.0531. The summed E-state index contributed by atoms with van der Waals surface area (Å²) in [6.07, 6.45) is 0. The summed E-state index contributed by atoms with van der Waals surface area (Å²) >= 11 is 0. The molecule has 0 atom stereocenters. The fraction of sp³-hybridized carbons (Fsp3) is 0.333. The molecule has 0 aromatic heterocycles. The molecule has 3 N–H and O–H groups in total. The molecule has 1 aromatic carbocycles. The van der Waals surface area contributed by atoms with E-state index in [1.54, 1.807) is 0 Å². The van der Waals surface area contributed by atoms with Crippen LogP contribution in [0.1, 0.15) is 13.8 Å². The molecule has 7 nitrogen and oxygen atoms in total. The van der Waals surface area contributed by atoms with Gasteiger partial charge in [-0.3, -0.25) is 10.1 Å². The highest BCUT2D eigenvalue weighted by Gasteiger charge is 2.19. The van der Waals surface area contributed by atoms with Gasteiger partial charge in [0, 0.05) is 12.1 Å². The first-order valence-electron chi connectivity index (χ1n) is 4.79. The Hall–Kier alpha value is -1.67. The highest BCUT2D eigenvalue weighted by molar-refractivity contribution is 7.89. The Labute approximate surface area is 98.8 Å². The van der Waals surface area contributed by atoms with Crippen molar-refractivity contribution in [2.75, 3.05) is 5.32 Å². The molecule has 0 unspecified atom stereocenters. The number of sulfonamides is 1. The molecule has 8 heteroatoms. The maximum absolute atomic E-state index is 11.1. The SMILES string of the molecule is CC(C)Nc1ccc(S(N)(=O)=O)cc1[N+](=O)[O-]. The molecule has 0 bridgehead atoms. The van der Waals surface area contributed by atoms with Crippen LogP contribution in [0.25, 0.3) is 0 Å². The van der Waals surface area contributed by atoms with Crippen molar-refractivity contribution in [2.45, 2.75) is 24.8 Å². The summed E-state index contributed by atoms with van der Waals surface area (Å²) in [4.78, 5) is 9.88. The van der Waals surface area contributed by atoms with E-state index < -0.39 is 14.9 Å². The molecule has 1 rings (SSSR count). The number of primary sulfonamides is 1. The average molecular weight is 259 g/mol. The van der Waals surface area contributed by atoms with Crippen molar-refractivity contribution in [3.63, 3.8) is 0 Å². The number of nitrogens with zero attached hydrogens (tertiary/aromatic N) is 1. The van der Waals surface area contributed by atoms with Gasteiger partial charge in [0.15, 0.2) is 0 Å². The van der Waals surface area contributed by atoms with Gasteiger partial charge in [-0.25, -0.2) is 13.6 Å². The second-order valence-electron chi connectivity index (χ2n) is 3.78. The molecule has 17 heavy (non-hydrogen) atoms. The number of benzene rings is 1. The molecular weight excluding hydrogens is 246 g/mol. The smallest absolute Gasteiger partial charge is 0.293 e. The number of nitrogens with two attached hydrogens (primary N) is 1. The van der Waals surface area contributed by atoms with E-state index in [4.69, 9.17) is 5.14 Å². The van der Waals surface area contributed by atoms with Crippen LogP contribution in [0, 0.1) is 10.1 Å². The maximum Gasteiger partial charge on any atom is 0.293 e. The van der Waals surface area contributed by atoms with E-state index in [1.807, 2.05) is 13.8 Å². The maximum atomic E-state index is 11.1. The lowest BCUT2D eigenvalue weighted by Gasteiger charge is -2.10. The normalized spacial score (nSPS) is 11.5. The Bertz CT molecular complexity index is 539. The number of hydrogen-bond donors (Lipinski definition) is 2. The van der Waals surface area contributed by atoms with Crippen LogP contribution in [0.5, 0.6) is 0 Å². The van der Waals surface area contributed by atoms with Crippen LogP contribution in [-0.4, -0.2) is 19.4 Å². The van der Waals surface area contributed by atoms with Crippen LogP contribution in [-0.2, 0) is 10.0 Å². The van der Waals surface area contributed by atoms with Crippen LogP contribution >= 0.6 is 0 Å². The number of rotatable bonds is 4. The molecule has 0 saturated carbocycles. The molecule has 1 aromatic rings. The van der Waals surface area contributed by atoms with Crippen LogP contribution in [0.3, 0.4) is 0 Å². The quantitative estimate of drug-likeness (QED) is 0.619. The van der Waals surface area contributed by atoms with Gasteiger partial charge in [0.05, 0.1) is 9.82 Å². The molecule has 0 radical (unpaired) electrons. The Morgan fingerprint density at radius 1 is 1.41 bits per heavy atom. The van der Waals surface area contributed by atoms with Crippen molar-refractivity contribution in [1.82, 2.24) is 0 Å². The van der Waals surface area contributed by atoms with Gasteiger partial charge in [-0.05, 0) is 26.0 Å². The van der Waals surface area contributed by atoms with Crippen LogP contribution in [0.2, 0.25) is 0 Å². The number of hydrogen-bond acceptors (Lipinski definition) is 5. The Kier molecular flexibility index (Phi) is 3.69. The Balaban J connectivity index is 3.32. The van der Waals surface area contributed by atoms with Crippen molar-refractivity contribution >= 4 is 21.4 Å². The number of nitrogens with one attached hydrogen (secondary N) is 1. The minimum atomic E-state index is -3.94. The summed E-state index contributed by atoms with van der Waals surface area (Å²) in [6, 6.07) is 3.50. The first-order chi connectivity index (χ1) is 7.71. The van der Waals surface area contributed by atoms with Crippen molar-refractivity contribution in [3.05, 3.63) is 28.3 Å². The molecule has 0 amide bonds. The van der Waals surface area contributed by atoms with E-state index in [0.717, 1.165) is 6.07 Å². The van der Waals surface area contributed by atoms with Gasteiger partial charge in [-0.1, -0.05) is 0 Å². The topological polar surface area (TPSA) is 115 Å². The standard InChI is InChI=1S/C9H13N3O4S/c1-6(2)11-8-4-3-7(17(10,15)16)5-9(8)12(13)14/h3-6,11H,1-2H3,(H2,10,15,16). The largest absolute Gasteiger partial charge is 0.377 e. The second-order valence-corrected chi connectivity index (χ2v) is 5.34. The predicted molar refractivity (Wildman–Crippen MR) is 63.2 cm³/mol. The second kappa shape index (κ2) is 4.68. The lowest BCUT2D eigenvalue weighted by molar-refractivity contribution is -0.384. The van der Waals surface area contributed by atoms with E-state index in [9.17, 15) is 18.5 Å². The van der Waals surface area contributed by atoms with Gasteiger partial charge < -0.3 is 5.32 Å². The van der Waals surface area contributed by atoms with Crippen LogP contribution < -0.4 is 10.5 Å². The zero-order chi connectivity index (χ0) is 13.2. The first-order valence-corrected chi connectivity index (χ1v) is 6.34. The Morgan fingerprint density at radius 2 is 2.00 bits per heavy atom. The van der Waals surface area contributed by atoms with Gasteiger partial charge in [0.25, 0.3) is 5.69 Å². The zero-order valence-corrected chi connectivity index (χ0v) is 10.2.